The van der Waals surface area contributed by atoms with Crippen LogP contribution in [0.1, 0.15) is 37.1 Å². The summed E-state index contributed by atoms with van der Waals surface area (Å²) in [5, 5.41) is 3.88. The molecule has 2 aromatic carbocycles. The van der Waals surface area contributed by atoms with Gasteiger partial charge in [-0.05, 0) is 43.2 Å². The van der Waals surface area contributed by atoms with Crippen LogP contribution in [0.25, 0.3) is 0 Å². The average Bonchev–Trinajstić information content (AvgIpc) is 2.59. The standard InChI is InChI=1S/C19H22ClFN2O/c1-13(17-6-4-5-7-18(17)20)22-12-19(24)23(3)14(2)15-8-10-16(21)11-9-15/h4-11,13-14,22H,12H2,1-3H3. The zero-order chi connectivity index (χ0) is 17.7. The summed E-state index contributed by atoms with van der Waals surface area (Å²) < 4.78 is 13.0. The molecule has 0 radical (unpaired) electrons. The van der Waals surface area contributed by atoms with Crippen molar-refractivity contribution in [3.63, 3.8) is 0 Å². The Kier molecular flexibility index (Phi) is 6.35. The molecular weight excluding hydrogens is 327 g/mol. The first kappa shape index (κ1) is 18.4. The molecule has 0 saturated carbocycles. The molecule has 1 N–H and O–H groups in total. The molecule has 0 aromatic heterocycles. The molecule has 5 heteroatoms. The topological polar surface area (TPSA) is 32.3 Å². The van der Waals surface area contributed by atoms with E-state index in [2.05, 4.69) is 5.32 Å². The molecule has 0 aliphatic rings. The second-order valence-electron chi connectivity index (χ2n) is 5.86. The Morgan fingerprint density at radius 3 is 2.42 bits per heavy atom. The Morgan fingerprint density at radius 2 is 1.79 bits per heavy atom. The van der Waals surface area contributed by atoms with Gasteiger partial charge in [0.25, 0.3) is 0 Å². The lowest BCUT2D eigenvalue weighted by atomic mass is 10.1. The van der Waals surface area contributed by atoms with Crippen molar-refractivity contribution in [3.8, 4) is 0 Å². The summed E-state index contributed by atoms with van der Waals surface area (Å²) in [4.78, 5) is 14.1. The predicted octanol–water partition coefficient (Wildman–Crippen LogP) is 4.35. The van der Waals surface area contributed by atoms with Crippen LogP contribution in [0.5, 0.6) is 0 Å². The van der Waals surface area contributed by atoms with E-state index in [1.54, 1.807) is 24.1 Å². The molecular formula is C19H22ClFN2O. The number of carbonyl (C=O) groups excluding carboxylic acids is 1. The maximum absolute atomic E-state index is 13.0. The number of carbonyl (C=O) groups is 1. The van der Waals surface area contributed by atoms with Crippen LogP contribution >= 0.6 is 11.6 Å². The van der Waals surface area contributed by atoms with Crippen molar-refractivity contribution in [3.05, 3.63) is 70.5 Å². The lowest BCUT2D eigenvalue weighted by Crippen LogP contribution is -2.38. The summed E-state index contributed by atoms with van der Waals surface area (Å²) in [6.45, 7) is 4.09. The quantitative estimate of drug-likeness (QED) is 0.841. The monoisotopic (exact) mass is 348 g/mol. The van der Waals surface area contributed by atoms with E-state index in [0.29, 0.717) is 5.02 Å². The molecule has 0 aliphatic carbocycles. The van der Waals surface area contributed by atoms with Crippen LogP contribution in [0.2, 0.25) is 5.02 Å². The van der Waals surface area contributed by atoms with Crippen molar-refractivity contribution >= 4 is 17.5 Å². The first-order valence-corrected chi connectivity index (χ1v) is 8.27. The molecule has 2 unspecified atom stereocenters. The highest BCUT2D eigenvalue weighted by molar-refractivity contribution is 6.31. The summed E-state index contributed by atoms with van der Waals surface area (Å²) in [7, 11) is 1.75. The minimum atomic E-state index is -0.282. The third kappa shape index (κ3) is 4.56. The molecule has 24 heavy (non-hydrogen) atoms. The molecule has 128 valence electrons. The number of likely N-dealkylation sites (N-methyl/N-ethyl adjacent to an activating group) is 1. The molecule has 2 rings (SSSR count). The van der Waals surface area contributed by atoms with E-state index in [1.807, 2.05) is 38.1 Å². The zero-order valence-electron chi connectivity index (χ0n) is 14.1. The van der Waals surface area contributed by atoms with Gasteiger partial charge >= 0.3 is 0 Å². The highest BCUT2D eigenvalue weighted by Gasteiger charge is 2.18. The fraction of sp³-hybridized carbons (Fsp3) is 0.316. The van der Waals surface area contributed by atoms with Gasteiger partial charge in [0.2, 0.25) is 5.91 Å². The molecule has 1 amide bonds. The van der Waals surface area contributed by atoms with Crippen molar-refractivity contribution in [2.75, 3.05) is 13.6 Å². The van der Waals surface area contributed by atoms with E-state index >= 15 is 0 Å². The van der Waals surface area contributed by atoms with Crippen LogP contribution in [-0.4, -0.2) is 24.4 Å². The lowest BCUT2D eigenvalue weighted by Gasteiger charge is -2.26. The number of amides is 1. The van der Waals surface area contributed by atoms with E-state index in [0.717, 1.165) is 11.1 Å². The SMILES string of the molecule is CC(NCC(=O)N(C)C(C)c1ccc(F)cc1)c1ccccc1Cl. The van der Waals surface area contributed by atoms with Crippen molar-refractivity contribution in [2.24, 2.45) is 0 Å². The Balaban J connectivity index is 1.94. The summed E-state index contributed by atoms with van der Waals surface area (Å²) in [5.74, 6) is -0.319. The van der Waals surface area contributed by atoms with Crippen molar-refractivity contribution in [2.45, 2.75) is 25.9 Å². The summed E-state index contributed by atoms with van der Waals surface area (Å²) >= 11 is 6.17. The number of rotatable bonds is 6. The largest absolute Gasteiger partial charge is 0.338 e. The summed E-state index contributed by atoms with van der Waals surface area (Å²) in [6, 6.07) is 13.6. The van der Waals surface area contributed by atoms with Crippen LogP contribution in [-0.2, 0) is 4.79 Å². The number of hydrogen-bond donors (Lipinski definition) is 1. The number of hydrogen-bond acceptors (Lipinski definition) is 2. The fourth-order valence-electron chi connectivity index (χ4n) is 2.48. The van der Waals surface area contributed by atoms with Crippen molar-refractivity contribution in [1.82, 2.24) is 10.2 Å². The van der Waals surface area contributed by atoms with Crippen molar-refractivity contribution < 1.29 is 9.18 Å². The van der Waals surface area contributed by atoms with Crippen LogP contribution in [0.15, 0.2) is 48.5 Å². The maximum Gasteiger partial charge on any atom is 0.236 e. The molecule has 0 bridgehead atoms. The van der Waals surface area contributed by atoms with Crippen LogP contribution in [0.3, 0.4) is 0 Å². The van der Waals surface area contributed by atoms with Gasteiger partial charge in [0.05, 0.1) is 12.6 Å². The van der Waals surface area contributed by atoms with Gasteiger partial charge in [-0.3, -0.25) is 4.79 Å². The predicted molar refractivity (Wildman–Crippen MR) is 95.5 cm³/mol. The smallest absolute Gasteiger partial charge is 0.236 e. The molecule has 0 saturated heterocycles. The van der Waals surface area contributed by atoms with Crippen LogP contribution in [0, 0.1) is 5.82 Å². The van der Waals surface area contributed by atoms with Gasteiger partial charge in [-0.25, -0.2) is 4.39 Å². The molecule has 3 nitrogen and oxygen atoms in total. The Hall–Kier alpha value is -1.91. The van der Waals surface area contributed by atoms with E-state index in [9.17, 15) is 9.18 Å². The first-order chi connectivity index (χ1) is 11.4. The van der Waals surface area contributed by atoms with E-state index in [1.165, 1.54) is 12.1 Å². The first-order valence-electron chi connectivity index (χ1n) is 7.89. The van der Waals surface area contributed by atoms with Crippen LogP contribution < -0.4 is 5.32 Å². The third-order valence-electron chi connectivity index (χ3n) is 4.26. The normalized spacial score (nSPS) is 13.4. The Bertz CT molecular complexity index is 690. The molecule has 2 atom stereocenters. The Morgan fingerprint density at radius 1 is 1.17 bits per heavy atom. The average molecular weight is 349 g/mol. The molecule has 0 fully saturated rings. The molecule has 0 aliphatic heterocycles. The highest BCUT2D eigenvalue weighted by Crippen LogP contribution is 2.22. The van der Waals surface area contributed by atoms with Crippen molar-refractivity contribution in [1.29, 1.82) is 0 Å². The summed E-state index contributed by atoms with van der Waals surface area (Å²) in [5.41, 5.74) is 1.85. The minimum Gasteiger partial charge on any atom is -0.338 e. The molecule has 0 spiro atoms. The second kappa shape index (κ2) is 8.27. The summed E-state index contributed by atoms with van der Waals surface area (Å²) in [6.07, 6.45) is 0. The number of halogens is 2. The fourth-order valence-corrected chi connectivity index (χ4v) is 2.78. The second-order valence-corrected chi connectivity index (χ2v) is 6.26. The van der Waals surface area contributed by atoms with E-state index < -0.39 is 0 Å². The molecule has 2 aromatic rings. The lowest BCUT2D eigenvalue weighted by molar-refractivity contribution is -0.131. The van der Waals surface area contributed by atoms with Gasteiger partial charge in [0, 0.05) is 18.1 Å². The highest BCUT2D eigenvalue weighted by atomic mass is 35.5. The number of benzene rings is 2. The van der Waals surface area contributed by atoms with E-state index in [4.69, 9.17) is 11.6 Å². The van der Waals surface area contributed by atoms with Gasteiger partial charge in [0.15, 0.2) is 0 Å². The van der Waals surface area contributed by atoms with E-state index in [-0.39, 0.29) is 30.4 Å². The zero-order valence-corrected chi connectivity index (χ0v) is 14.8. The molecule has 0 heterocycles. The minimum absolute atomic E-state index is 0.0304. The number of nitrogens with zero attached hydrogens (tertiary/aromatic N) is 1. The van der Waals surface area contributed by atoms with Gasteiger partial charge in [-0.2, -0.15) is 0 Å². The Labute approximate surface area is 147 Å². The van der Waals surface area contributed by atoms with Gasteiger partial charge in [-0.15, -0.1) is 0 Å². The number of nitrogens with one attached hydrogen (secondary N) is 1. The third-order valence-corrected chi connectivity index (χ3v) is 4.60. The van der Waals surface area contributed by atoms with Crippen LogP contribution in [0.4, 0.5) is 4.39 Å². The van der Waals surface area contributed by atoms with Gasteiger partial charge in [0.1, 0.15) is 5.82 Å². The van der Waals surface area contributed by atoms with Gasteiger partial charge < -0.3 is 10.2 Å². The maximum atomic E-state index is 13.0. The van der Waals surface area contributed by atoms with Gasteiger partial charge in [-0.1, -0.05) is 41.9 Å².